The van der Waals surface area contributed by atoms with Gasteiger partial charge in [0.25, 0.3) is 0 Å². The molecule has 0 spiro atoms. The van der Waals surface area contributed by atoms with Crippen LogP contribution in [-0.2, 0) is 12.4 Å². The quantitative estimate of drug-likeness (QED) is 0.436. The normalized spacial score (nSPS) is 3.53. The van der Waals surface area contributed by atoms with Crippen molar-refractivity contribution >= 4 is 12.4 Å². The van der Waals surface area contributed by atoms with Gasteiger partial charge in [-0.15, -0.1) is 0 Å². The number of hydrogen-bond donors (Lipinski definition) is 0. The van der Waals surface area contributed by atoms with E-state index < -0.39 is 0 Å². The van der Waals surface area contributed by atoms with E-state index in [0.717, 1.165) is 0 Å². The Bertz CT molecular complexity index is 25.2. The summed E-state index contributed by atoms with van der Waals surface area (Å²) in [6.45, 7) is 28.2. The first-order valence-electron chi connectivity index (χ1n) is 8.04. The highest BCUT2D eigenvalue weighted by atomic mass is 32.1. The average Bonchev–Trinajstić information content (AvgIpc) is 2.52. The third kappa shape index (κ3) is 11600000. The maximum Gasteiger partial charge on any atom is 0.0409 e. The zero-order valence-corrected chi connectivity index (χ0v) is 17.4. The van der Waals surface area contributed by atoms with Gasteiger partial charge >= 0.3 is 0 Å². The lowest BCUT2D eigenvalue weighted by atomic mass is 10.6. The molecule has 0 saturated heterocycles. The van der Waals surface area contributed by atoms with Crippen LogP contribution in [0.2, 0.25) is 0 Å². The third-order valence-electron chi connectivity index (χ3n) is 0. The Morgan fingerprint density at radius 1 is 0.579 bits per heavy atom. The highest BCUT2D eigenvalue weighted by molar-refractivity contribution is 7.47. The van der Waals surface area contributed by atoms with Crippen molar-refractivity contribution in [3.8, 4) is 0 Å². The van der Waals surface area contributed by atoms with Crippen molar-refractivity contribution in [2.45, 2.75) is 111 Å². The molecule has 0 fully saturated rings. The molecule has 0 radical (unpaired) electrons. The maximum absolute atomic E-state index is 4.02. The molecule has 0 aliphatic rings. The second-order valence-corrected chi connectivity index (χ2v) is 1.25. The van der Waals surface area contributed by atoms with E-state index >= 15 is 0 Å². The van der Waals surface area contributed by atoms with Crippen molar-refractivity contribution in [2.24, 2.45) is 4.36 Å². The largest absolute Gasteiger partial charge is 0.223 e. The van der Waals surface area contributed by atoms with E-state index in [1.54, 1.807) is 7.05 Å². The van der Waals surface area contributed by atoms with Gasteiger partial charge in [0.2, 0.25) is 0 Å². The van der Waals surface area contributed by atoms with Gasteiger partial charge in [-0.25, -0.2) is 4.36 Å². The fourth-order valence-electron chi connectivity index (χ4n) is 0. The van der Waals surface area contributed by atoms with E-state index in [0.29, 0.717) is 0 Å². The molecule has 0 amide bonds. The number of rotatable bonds is 0. The molecule has 2 heteroatoms. The summed E-state index contributed by atoms with van der Waals surface area (Å²) >= 11 is 4.02. The Labute approximate surface area is 135 Å². The fourth-order valence-corrected chi connectivity index (χ4v) is 0. The predicted octanol–water partition coefficient (Wildman–Crippen LogP) is 8.56. The second kappa shape index (κ2) is 1280. The van der Waals surface area contributed by atoms with Crippen molar-refractivity contribution in [3.05, 3.63) is 0 Å². The van der Waals surface area contributed by atoms with Crippen molar-refractivity contribution in [2.75, 3.05) is 7.05 Å². The van der Waals surface area contributed by atoms with Gasteiger partial charge in [-0.05, 0) is 0 Å². The number of hydrogen-bond acceptors (Lipinski definition) is 2. The summed E-state index contributed by atoms with van der Waals surface area (Å²) in [5, 5.41) is 0. The van der Waals surface area contributed by atoms with Gasteiger partial charge in [0.15, 0.2) is 0 Å². The van der Waals surface area contributed by atoms with E-state index in [9.17, 15) is 0 Å². The molecular formula is C17H51NS. The van der Waals surface area contributed by atoms with Crippen molar-refractivity contribution in [1.29, 1.82) is 0 Å². The lowest BCUT2D eigenvalue weighted by molar-refractivity contribution is 1.09. The molecule has 0 aromatic heterocycles. The van der Waals surface area contributed by atoms with Crippen molar-refractivity contribution in [3.63, 3.8) is 0 Å². The Hall–Kier alpha value is 0.0200. The minimum atomic E-state index is 0. The molecule has 0 N–H and O–H groups in total. The summed E-state index contributed by atoms with van der Waals surface area (Å²) in [5.41, 5.74) is 0. The van der Waals surface area contributed by atoms with Gasteiger partial charge < -0.3 is 0 Å². The van der Waals surface area contributed by atoms with Crippen LogP contribution in [-0.4, -0.2) is 7.05 Å². The zero-order chi connectivity index (χ0) is 17.4. The topological polar surface area (TPSA) is 12.4 Å². The van der Waals surface area contributed by atoms with E-state index in [4.69, 9.17) is 0 Å². The molecule has 0 saturated carbocycles. The van der Waals surface area contributed by atoms with Gasteiger partial charge in [-0.1, -0.05) is 111 Å². The van der Waals surface area contributed by atoms with Gasteiger partial charge in [0, 0.05) is 19.5 Å². The molecular weight excluding hydrogens is 250 g/mol. The predicted molar refractivity (Wildman–Crippen MR) is 107 cm³/mol. The smallest absolute Gasteiger partial charge is 0.0409 e. The van der Waals surface area contributed by atoms with E-state index in [-0.39, 0.29) is 7.43 Å². The summed E-state index contributed by atoms with van der Waals surface area (Å²) in [6, 6.07) is 0. The Morgan fingerprint density at radius 2 is 0.579 bits per heavy atom. The molecule has 130 valence electrons. The minimum absolute atomic E-state index is 0. The van der Waals surface area contributed by atoms with Crippen molar-refractivity contribution < 1.29 is 0 Å². The summed E-state index contributed by atoms with van der Waals surface area (Å²) in [5.74, 6) is 0. The van der Waals surface area contributed by atoms with Crippen LogP contribution in [0.5, 0.6) is 0 Å². The first-order valence-corrected chi connectivity index (χ1v) is 8.41. The zero-order valence-electron chi connectivity index (χ0n) is 16.6. The summed E-state index contributed by atoms with van der Waals surface area (Å²) in [6.07, 6.45) is 1.25. The van der Waals surface area contributed by atoms with Gasteiger partial charge in [0.1, 0.15) is 0 Å². The highest BCUT2D eigenvalue weighted by Gasteiger charge is 1.35. The monoisotopic (exact) mass is 301 g/mol. The van der Waals surface area contributed by atoms with E-state index in [2.05, 4.69) is 30.6 Å². The third-order valence-corrected chi connectivity index (χ3v) is 0. The highest BCUT2D eigenvalue weighted by Crippen LogP contribution is 1.56. The molecule has 0 rings (SSSR count). The Kier molecular flexibility index (Phi) is 4140. The molecule has 0 bridgehead atoms. The van der Waals surface area contributed by atoms with Gasteiger partial charge in [-0.2, -0.15) is 0 Å². The molecule has 0 atom stereocenters. The molecule has 0 heterocycles. The van der Waals surface area contributed by atoms with E-state index in [1.165, 1.54) is 6.42 Å². The second-order valence-electron chi connectivity index (χ2n) is 0.890. The molecule has 0 aromatic rings. The first kappa shape index (κ1) is 61.5. The van der Waals surface area contributed by atoms with Crippen LogP contribution in [0.3, 0.4) is 0 Å². The fraction of sp³-hybridized carbons (Fsp3) is 1.00. The van der Waals surface area contributed by atoms with Crippen LogP contribution in [0, 0.1) is 0 Å². The number of nitrogens with zero attached hydrogens (tertiary/aromatic N) is 1. The van der Waals surface area contributed by atoms with Crippen LogP contribution < -0.4 is 0 Å². The summed E-state index contributed by atoms with van der Waals surface area (Å²) in [4.78, 5) is 0. The van der Waals surface area contributed by atoms with Crippen LogP contribution in [0.4, 0.5) is 0 Å². The maximum atomic E-state index is 4.02. The standard InChI is InChI=1S/C3H8.6C2H6.CH3NS.CH4/c1-3-2;6*1-2;1-2-3;/h3H2,1-2H3;6*1-2H3;1H3;1H4. The molecule has 0 aliphatic heterocycles. The summed E-state index contributed by atoms with van der Waals surface area (Å²) in [7, 11) is 1.56. The lowest BCUT2D eigenvalue weighted by Gasteiger charge is -1.48. The van der Waals surface area contributed by atoms with Crippen LogP contribution in [0.1, 0.15) is 111 Å². The van der Waals surface area contributed by atoms with Gasteiger partial charge in [-0.3, -0.25) is 0 Å². The SMILES string of the molecule is C.CC.CC.CC.CC.CC.CC.CCC.CN=S. The van der Waals surface area contributed by atoms with Crippen LogP contribution in [0.15, 0.2) is 4.36 Å². The first-order chi connectivity index (χ1) is 8.83. The molecule has 19 heavy (non-hydrogen) atoms. The molecule has 0 aliphatic carbocycles. The van der Waals surface area contributed by atoms with Crippen molar-refractivity contribution in [1.82, 2.24) is 0 Å². The van der Waals surface area contributed by atoms with Crippen LogP contribution in [0.25, 0.3) is 0 Å². The molecule has 0 unspecified atom stereocenters. The molecule has 0 aromatic carbocycles. The minimum Gasteiger partial charge on any atom is -0.223 e. The van der Waals surface area contributed by atoms with Gasteiger partial charge in [0.05, 0.1) is 0 Å². The average molecular weight is 302 g/mol. The van der Waals surface area contributed by atoms with Crippen LogP contribution >= 0.6 is 0 Å². The Morgan fingerprint density at radius 3 is 0.579 bits per heavy atom. The van der Waals surface area contributed by atoms with E-state index in [1.807, 2.05) is 83.1 Å². The Balaban J connectivity index is -0.00000000861. The summed E-state index contributed by atoms with van der Waals surface area (Å²) < 4.78 is 3.08. The lowest BCUT2D eigenvalue weighted by Crippen LogP contribution is -1.27. The molecule has 1 nitrogen and oxygen atoms in total.